The molecule has 0 saturated carbocycles. The zero-order chi connectivity index (χ0) is 27.4. The van der Waals surface area contributed by atoms with Crippen molar-refractivity contribution in [1.29, 1.82) is 0 Å². The number of hydrogen-bond acceptors (Lipinski definition) is 5. The van der Waals surface area contributed by atoms with Crippen molar-refractivity contribution in [2.24, 2.45) is 16.3 Å². The summed E-state index contributed by atoms with van der Waals surface area (Å²) < 4.78 is 11.5. The summed E-state index contributed by atoms with van der Waals surface area (Å²) in [5.41, 5.74) is 3.92. The van der Waals surface area contributed by atoms with Gasteiger partial charge in [-0.25, -0.2) is 4.99 Å². The number of ether oxygens (including phenoxy) is 1. The van der Waals surface area contributed by atoms with Gasteiger partial charge in [-0.2, -0.15) is 0 Å². The van der Waals surface area contributed by atoms with Gasteiger partial charge in [-0.15, -0.1) is 11.3 Å². The summed E-state index contributed by atoms with van der Waals surface area (Å²) in [4.78, 5) is 19.6. The Hall–Kier alpha value is -3.35. The van der Waals surface area contributed by atoms with Crippen molar-refractivity contribution in [2.45, 2.75) is 53.2 Å². The van der Waals surface area contributed by atoms with Crippen molar-refractivity contribution in [3.05, 3.63) is 105 Å². The van der Waals surface area contributed by atoms with E-state index < -0.39 is 0 Å². The Bertz CT molecular complexity index is 1450. The Morgan fingerprint density at radius 1 is 1.15 bits per heavy atom. The van der Waals surface area contributed by atoms with Crippen LogP contribution in [0.1, 0.15) is 64.9 Å². The molecule has 0 spiro atoms. The zero-order valence-corrected chi connectivity index (χ0v) is 24.1. The van der Waals surface area contributed by atoms with Gasteiger partial charge in [-0.3, -0.25) is 4.79 Å². The molecule has 0 radical (unpaired) electrons. The Balaban J connectivity index is 1.41. The van der Waals surface area contributed by atoms with Gasteiger partial charge in [-0.1, -0.05) is 56.6 Å². The second-order valence-corrected chi connectivity index (χ2v) is 12.5. The predicted molar refractivity (Wildman–Crippen MR) is 159 cm³/mol. The molecule has 1 N–H and O–H groups in total. The zero-order valence-electron chi connectivity index (χ0n) is 22.5. The molecule has 1 aliphatic carbocycles. The van der Waals surface area contributed by atoms with Crippen LogP contribution in [-0.2, 0) is 26.0 Å². The number of amides is 1. The van der Waals surface area contributed by atoms with Crippen molar-refractivity contribution in [1.82, 2.24) is 5.32 Å². The van der Waals surface area contributed by atoms with Crippen LogP contribution in [0.15, 0.2) is 76.3 Å². The molecule has 0 bridgehead atoms. The molecule has 1 atom stereocenters. The third-order valence-corrected chi connectivity index (χ3v) is 8.66. The summed E-state index contributed by atoms with van der Waals surface area (Å²) in [7, 11) is 0. The molecule has 0 aliphatic heterocycles. The van der Waals surface area contributed by atoms with E-state index in [1.165, 1.54) is 4.88 Å². The molecular weight excluding hydrogens is 528 g/mol. The number of halogens is 1. The molecule has 2 aromatic heterocycles. The Kier molecular flexibility index (Phi) is 8.24. The van der Waals surface area contributed by atoms with Crippen LogP contribution < -0.4 is 10.1 Å². The van der Waals surface area contributed by atoms with E-state index in [0.29, 0.717) is 29.7 Å². The SMILES string of the molecule is CC(C)(C)[C@@H]1CCc2c(sc(N=Cc3ccccc3OCc3ccc(Cl)cc3)c2C(=O)NCc2ccco2)C1. The molecule has 1 amide bonds. The van der Waals surface area contributed by atoms with E-state index in [2.05, 4.69) is 26.1 Å². The van der Waals surface area contributed by atoms with E-state index >= 15 is 0 Å². The molecule has 4 aromatic rings. The van der Waals surface area contributed by atoms with Crippen molar-refractivity contribution < 1.29 is 13.9 Å². The summed E-state index contributed by atoms with van der Waals surface area (Å²) in [5.74, 6) is 1.91. The highest BCUT2D eigenvalue weighted by Crippen LogP contribution is 2.45. The molecule has 2 heterocycles. The van der Waals surface area contributed by atoms with Gasteiger partial charge in [0.05, 0.1) is 18.4 Å². The summed E-state index contributed by atoms with van der Waals surface area (Å²) in [6.07, 6.45) is 6.34. The number of nitrogens with zero attached hydrogens (tertiary/aromatic N) is 1. The maximum atomic E-state index is 13.5. The van der Waals surface area contributed by atoms with Gasteiger partial charge >= 0.3 is 0 Å². The molecule has 7 heteroatoms. The van der Waals surface area contributed by atoms with Crippen LogP contribution in [0.4, 0.5) is 5.00 Å². The van der Waals surface area contributed by atoms with Crippen LogP contribution in [0.25, 0.3) is 0 Å². The normalized spacial score (nSPS) is 15.3. The van der Waals surface area contributed by atoms with Gasteiger partial charge < -0.3 is 14.5 Å². The minimum absolute atomic E-state index is 0.113. The second-order valence-electron chi connectivity index (χ2n) is 11.0. The number of para-hydroxylation sites is 1. The van der Waals surface area contributed by atoms with E-state index in [1.807, 2.05) is 60.7 Å². The Labute approximate surface area is 238 Å². The highest BCUT2D eigenvalue weighted by Gasteiger charge is 2.33. The lowest BCUT2D eigenvalue weighted by Crippen LogP contribution is -2.28. The number of fused-ring (bicyclic) bond motifs is 1. The fraction of sp³-hybridized carbons (Fsp3) is 0.312. The number of carbonyl (C=O) groups is 1. The Morgan fingerprint density at radius 3 is 2.69 bits per heavy atom. The predicted octanol–water partition coefficient (Wildman–Crippen LogP) is 8.41. The lowest BCUT2D eigenvalue weighted by atomic mass is 9.72. The third kappa shape index (κ3) is 6.63. The van der Waals surface area contributed by atoms with Gasteiger partial charge in [0.15, 0.2) is 0 Å². The van der Waals surface area contributed by atoms with Crippen LogP contribution >= 0.6 is 22.9 Å². The molecule has 5 rings (SSSR count). The van der Waals surface area contributed by atoms with E-state index in [0.717, 1.165) is 52.5 Å². The van der Waals surface area contributed by atoms with Crippen molar-refractivity contribution in [3.63, 3.8) is 0 Å². The van der Waals surface area contributed by atoms with Crippen molar-refractivity contribution in [2.75, 3.05) is 0 Å². The number of rotatable bonds is 8. The minimum Gasteiger partial charge on any atom is -0.488 e. The summed E-state index contributed by atoms with van der Waals surface area (Å²) in [6, 6.07) is 19.1. The van der Waals surface area contributed by atoms with Crippen LogP contribution in [0, 0.1) is 11.3 Å². The lowest BCUT2D eigenvalue weighted by Gasteiger charge is -2.33. The molecular formula is C32H33ClN2O3S. The molecule has 2 aromatic carbocycles. The number of hydrogen-bond donors (Lipinski definition) is 1. The van der Waals surface area contributed by atoms with Gasteiger partial charge in [0.1, 0.15) is 23.1 Å². The molecule has 0 unspecified atom stereocenters. The summed E-state index contributed by atoms with van der Waals surface area (Å²) in [6.45, 7) is 7.66. The molecule has 39 heavy (non-hydrogen) atoms. The number of benzene rings is 2. The Morgan fingerprint density at radius 2 is 1.95 bits per heavy atom. The van der Waals surface area contributed by atoms with Crippen molar-refractivity contribution in [3.8, 4) is 5.75 Å². The maximum Gasteiger partial charge on any atom is 0.255 e. The first kappa shape index (κ1) is 27.2. The summed E-state index contributed by atoms with van der Waals surface area (Å²) in [5, 5.41) is 4.47. The fourth-order valence-electron chi connectivity index (χ4n) is 4.89. The van der Waals surface area contributed by atoms with E-state index in [1.54, 1.807) is 23.8 Å². The average molecular weight is 561 g/mol. The van der Waals surface area contributed by atoms with Crippen molar-refractivity contribution >= 4 is 40.1 Å². The van der Waals surface area contributed by atoms with Gasteiger partial charge in [-0.05, 0) is 78.1 Å². The van der Waals surface area contributed by atoms with E-state index in [4.69, 9.17) is 25.7 Å². The number of thiophene rings is 1. The smallest absolute Gasteiger partial charge is 0.255 e. The molecule has 202 valence electrons. The fourth-order valence-corrected chi connectivity index (χ4v) is 6.29. The highest BCUT2D eigenvalue weighted by molar-refractivity contribution is 7.16. The van der Waals surface area contributed by atoms with Gasteiger partial charge in [0.2, 0.25) is 0 Å². The van der Waals surface area contributed by atoms with Crippen LogP contribution in [0.2, 0.25) is 5.02 Å². The van der Waals surface area contributed by atoms with Crippen LogP contribution in [0.5, 0.6) is 5.75 Å². The largest absolute Gasteiger partial charge is 0.488 e. The monoisotopic (exact) mass is 560 g/mol. The second kappa shape index (κ2) is 11.8. The third-order valence-electron chi connectivity index (χ3n) is 7.25. The number of carbonyl (C=O) groups excluding carboxylic acids is 1. The van der Waals surface area contributed by atoms with Gasteiger partial charge in [0.25, 0.3) is 5.91 Å². The number of aliphatic imine (C=N–C) groups is 1. The standard InChI is InChI=1S/C32H33ClN2O3S/c1-32(2,3)23-12-15-26-28(17-23)39-31(29(26)30(36)34-19-25-8-6-16-37-25)35-18-22-7-4-5-9-27(22)38-20-21-10-13-24(33)14-11-21/h4-11,13-14,16,18,23H,12,15,17,19-20H2,1-3H3,(H,34,36)/t23-/m1/s1. The minimum atomic E-state index is -0.113. The quantitative estimate of drug-likeness (QED) is 0.220. The number of furan rings is 1. The first-order valence-electron chi connectivity index (χ1n) is 13.2. The summed E-state index contributed by atoms with van der Waals surface area (Å²) >= 11 is 7.65. The van der Waals surface area contributed by atoms with Crippen LogP contribution in [-0.4, -0.2) is 12.1 Å². The molecule has 0 saturated heterocycles. The molecule has 1 aliphatic rings. The lowest BCUT2D eigenvalue weighted by molar-refractivity contribution is 0.0947. The van der Waals surface area contributed by atoms with E-state index in [-0.39, 0.29) is 11.3 Å². The maximum absolute atomic E-state index is 13.5. The van der Waals surface area contributed by atoms with Crippen LogP contribution in [0.3, 0.4) is 0 Å². The van der Waals surface area contributed by atoms with Gasteiger partial charge in [0, 0.05) is 21.7 Å². The first-order valence-corrected chi connectivity index (χ1v) is 14.4. The first-order chi connectivity index (χ1) is 18.8. The van der Waals surface area contributed by atoms with E-state index in [9.17, 15) is 4.79 Å². The highest BCUT2D eigenvalue weighted by atomic mass is 35.5. The molecule has 0 fully saturated rings. The topological polar surface area (TPSA) is 63.8 Å². The average Bonchev–Trinajstić information content (AvgIpc) is 3.57. The molecule has 5 nitrogen and oxygen atoms in total. The number of nitrogens with one attached hydrogen (secondary N) is 1.